The smallest absolute Gasteiger partial charge is 0.387 e. The fourth-order valence-corrected chi connectivity index (χ4v) is 2.47. The van der Waals surface area contributed by atoms with Crippen LogP contribution >= 0.6 is 0 Å². The third kappa shape index (κ3) is 8.30. The van der Waals surface area contributed by atoms with Crippen LogP contribution in [0.25, 0.3) is 6.08 Å². The molecule has 30 heavy (non-hydrogen) atoms. The topological polar surface area (TPSA) is 73.9 Å². The summed E-state index contributed by atoms with van der Waals surface area (Å²) < 4.78 is 38.9. The Hall–Kier alpha value is -3.42. The zero-order valence-corrected chi connectivity index (χ0v) is 16.7. The van der Waals surface area contributed by atoms with Gasteiger partial charge in [-0.2, -0.15) is 8.78 Å². The van der Waals surface area contributed by atoms with Crippen LogP contribution in [0, 0.1) is 13.8 Å². The van der Waals surface area contributed by atoms with Crippen LogP contribution in [-0.4, -0.2) is 38.2 Å². The maximum absolute atomic E-state index is 12.1. The molecule has 0 bridgehead atoms. The molecule has 2 aromatic carbocycles. The van der Waals surface area contributed by atoms with Crippen LogP contribution in [0.3, 0.4) is 0 Å². The van der Waals surface area contributed by atoms with Crippen molar-refractivity contribution in [3.05, 3.63) is 65.2 Å². The molecule has 0 aromatic heterocycles. The second-order valence-corrected chi connectivity index (χ2v) is 6.36. The van der Waals surface area contributed by atoms with Crippen LogP contribution in [0.1, 0.15) is 16.7 Å². The number of amides is 1. The van der Waals surface area contributed by atoms with Crippen LogP contribution in [0.5, 0.6) is 11.5 Å². The highest BCUT2D eigenvalue weighted by Crippen LogP contribution is 2.18. The highest BCUT2D eigenvalue weighted by molar-refractivity contribution is 5.89. The molecule has 0 spiro atoms. The van der Waals surface area contributed by atoms with Gasteiger partial charge < -0.3 is 19.5 Å². The molecule has 160 valence electrons. The average molecular weight is 419 g/mol. The van der Waals surface area contributed by atoms with Crippen molar-refractivity contribution in [3.63, 3.8) is 0 Å². The Morgan fingerprint density at radius 3 is 2.50 bits per heavy atom. The van der Waals surface area contributed by atoms with Gasteiger partial charge in [-0.25, -0.2) is 4.79 Å². The van der Waals surface area contributed by atoms with E-state index in [1.54, 1.807) is 0 Å². The van der Waals surface area contributed by atoms with Gasteiger partial charge in [-0.3, -0.25) is 4.79 Å². The van der Waals surface area contributed by atoms with E-state index in [2.05, 4.69) is 10.1 Å². The molecule has 0 aliphatic heterocycles. The van der Waals surface area contributed by atoms with Gasteiger partial charge in [-0.15, -0.1) is 0 Å². The number of nitrogens with one attached hydrogen (secondary N) is 1. The van der Waals surface area contributed by atoms with Crippen LogP contribution in [0.2, 0.25) is 0 Å². The van der Waals surface area contributed by atoms with Crippen LogP contribution in [0.4, 0.5) is 8.78 Å². The van der Waals surface area contributed by atoms with E-state index in [9.17, 15) is 18.4 Å². The third-order valence-corrected chi connectivity index (χ3v) is 3.87. The summed E-state index contributed by atoms with van der Waals surface area (Å²) in [6.45, 7) is 1.18. The SMILES string of the molecule is Cc1ccc(OCCNC(=O)COC(=O)/C=C/c2ccc(OC(F)F)cc2)c(C)c1. The van der Waals surface area contributed by atoms with E-state index in [1.807, 2.05) is 32.0 Å². The molecule has 0 heterocycles. The molecule has 2 rings (SSSR count). The Balaban J connectivity index is 1.65. The Kier molecular flexibility index (Phi) is 8.80. The second-order valence-electron chi connectivity index (χ2n) is 6.36. The molecule has 0 radical (unpaired) electrons. The lowest BCUT2D eigenvalue weighted by atomic mass is 10.1. The van der Waals surface area contributed by atoms with Gasteiger partial charge in [0.25, 0.3) is 5.91 Å². The Morgan fingerprint density at radius 1 is 1.10 bits per heavy atom. The van der Waals surface area contributed by atoms with E-state index in [1.165, 1.54) is 30.3 Å². The number of benzene rings is 2. The lowest BCUT2D eigenvalue weighted by Gasteiger charge is -2.10. The van der Waals surface area contributed by atoms with Crippen molar-refractivity contribution in [1.29, 1.82) is 0 Å². The lowest BCUT2D eigenvalue weighted by Crippen LogP contribution is -2.32. The summed E-state index contributed by atoms with van der Waals surface area (Å²) in [4.78, 5) is 23.4. The number of aryl methyl sites for hydroxylation is 2. The molecular formula is C22H23F2NO5. The van der Waals surface area contributed by atoms with E-state index in [4.69, 9.17) is 9.47 Å². The van der Waals surface area contributed by atoms with Gasteiger partial charge in [0.1, 0.15) is 18.1 Å². The molecule has 1 amide bonds. The number of alkyl halides is 2. The van der Waals surface area contributed by atoms with Gasteiger partial charge >= 0.3 is 12.6 Å². The van der Waals surface area contributed by atoms with Crippen molar-refractivity contribution < 1.29 is 32.6 Å². The van der Waals surface area contributed by atoms with Crippen molar-refractivity contribution in [2.24, 2.45) is 0 Å². The molecule has 0 saturated heterocycles. The minimum Gasteiger partial charge on any atom is -0.491 e. The van der Waals surface area contributed by atoms with Gasteiger partial charge in [0, 0.05) is 6.08 Å². The first-order valence-corrected chi connectivity index (χ1v) is 9.20. The molecule has 6 nitrogen and oxygen atoms in total. The Bertz CT molecular complexity index is 882. The first-order chi connectivity index (χ1) is 14.3. The van der Waals surface area contributed by atoms with Crippen LogP contribution in [0.15, 0.2) is 48.5 Å². The fourth-order valence-electron chi connectivity index (χ4n) is 2.47. The van der Waals surface area contributed by atoms with Crippen molar-refractivity contribution in [1.82, 2.24) is 5.32 Å². The van der Waals surface area contributed by atoms with Gasteiger partial charge in [-0.05, 0) is 49.2 Å². The summed E-state index contributed by atoms with van der Waals surface area (Å²) >= 11 is 0. The standard InChI is InChI=1S/C22H23F2NO5/c1-15-3-9-19(16(2)13-15)28-12-11-25-20(26)14-29-21(27)10-6-17-4-7-18(8-5-17)30-22(23)24/h3-10,13,22H,11-12,14H2,1-2H3,(H,25,26)/b10-6+. The second kappa shape index (κ2) is 11.5. The molecule has 2 aromatic rings. The zero-order valence-electron chi connectivity index (χ0n) is 16.7. The molecule has 0 aliphatic rings. The van der Waals surface area contributed by atoms with E-state index in [-0.39, 0.29) is 18.9 Å². The summed E-state index contributed by atoms with van der Waals surface area (Å²) in [7, 11) is 0. The first-order valence-electron chi connectivity index (χ1n) is 9.20. The molecule has 0 aliphatic carbocycles. The normalized spacial score (nSPS) is 10.8. The number of halogens is 2. The molecular weight excluding hydrogens is 396 g/mol. The Labute approximate surface area is 173 Å². The van der Waals surface area contributed by atoms with Crippen LogP contribution in [-0.2, 0) is 14.3 Å². The number of carbonyl (C=O) groups is 2. The maximum Gasteiger partial charge on any atom is 0.387 e. The van der Waals surface area contributed by atoms with Crippen LogP contribution < -0.4 is 14.8 Å². The predicted molar refractivity (Wildman–Crippen MR) is 107 cm³/mol. The number of esters is 1. The number of hydrogen-bond donors (Lipinski definition) is 1. The minimum absolute atomic E-state index is 0.0166. The molecule has 0 saturated carbocycles. The van der Waals surface area contributed by atoms with Gasteiger partial charge in [0.15, 0.2) is 6.61 Å². The summed E-state index contributed by atoms with van der Waals surface area (Å²) in [6, 6.07) is 11.5. The predicted octanol–water partition coefficient (Wildman–Crippen LogP) is 3.66. The number of rotatable bonds is 10. The molecule has 1 N–H and O–H groups in total. The highest BCUT2D eigenvalue weighted by atomic mass is 19.3. The molecule has 0 unspecified atom stereocenters. The monoisotopic (exact) mass is 419 g/mol. The van der Waals surface area contributed by atoms with Gasteiger partial charge in [0.05, 0.1) is 6.54 Å². The molecule has 8 heteroatoms. The van der Waals surface area contributed by atoms with E-state index in [0.29, 0.717) is 5.56 Å². The van der Waals surface area contributed by atoms with E-state index >= 15 is 0 Å². The maximum atomic E-state index is 12.1. The minimum atomic E-state index is -2.90. The molecule has 0 fully saturated rings. The lowest BCUT2D eigenvalue weighted by molar-refractivity contribution is -0.143. The number of ether oxygens (including phenoxy) is 3. The average Bonchev–Trinajstić information content (AvgIpc) is 2.70. The quantitative estimate of drug-likeness (QED) is 0.362. The first kappa shape index (κ1) is 22.9. The van der Waals surface area contributed by atoms with Crippen molar-refractivity contribution in [3.8, 4) is 11.5 Å². The highest BCUT2D eigenvalue weighted by Gasteiger charge is 2.06. The van der Waals surface area contributed by atoms with E-state index < -0.39 is 25.1 Å². The van der Waals surface area contributed by atoms with Crippen molar-refractivity contribution in [2.45, 2.75) is 20.5 Å². The number of carbonyl (C=O) groups excluding carboxylic acids is 2. The van der Waals surface area contributed by atoms with E-state index in [0.717, 1.165) is 23.0 Å². The summed E-state index contributed by atoms with van der Waals surface area (Å²) in [5.74, 6) is -0.387. The fraction of sp³-hybridized carbons (Fsp3) is 0.273. The van der Waals surface area contributed by atoms with Crippen molar-refractivity contribution in [2.75, 3.05) is 19.8 Å². The summed E-state index contributed by atoms with van der Waals surface area (Å²) in [6.07, 6.45) is 2.57. The molecule has 0 atom stereocenters. The number of hydrogen-bond acceptors (Lipinski definition) is 5. The third-order valence-electron chi connectivity index (χ3n) is 3.87. The zero-order chi connectivity index (χ0) is 21.9. The summed E-state index contributed by atoms with van der Waals surface area (Å²) in [5.41, 5.74) is 2.74. The van der Waals surface area contributed by atoms with Gasteiger partial charge in [0.2, 0.25) is 0 Å². The Morgan fingerprint density at radius 2 is 1.83 bits per heavy atom. The van der Waals surface area contributed by atoms with Crippen molar-refractivity contribution >= 4 is 18.0 Å². The van der Waals surface area contributed by atoms with Gasteiger partial charge in [-0.1, -0.05) is 29.8 Å². The largest absolute Gasteiger partial charge is 0.491 e. The summed E-state index contributed by atoms with van der Waals surface area (Å²) in [5, 5.41) is 2.59.